The predicted molar refractivity (Wildman–Crippen MR) is 106 cm³/mol. The van der Waals surface area contributed by atoms with Crippen molar-refractivity contribution in [3.05, 3.63) is 59.2 Å². The minimum atomic E-state index is -0.676. The van der Waals surface area contributed by atoms with Crippen molar-refractivity contribution in [3.8, 4) is 11.5 Å². The zero-order chi connectivity index (χ0) is 20.8. The summed E-state index contributed by atoms with van der Waals surface area (Å²) in [7, 11) is 1.24. The van der Waals surface area contributed by atoms with Crippen LogP contribution < -0.4 is 9.47 Å². The number of carbonyl (C=O) groups excluding carboxylic acids is 3. The molecule has 152 valence electrons. The molecule has 1 aliphatic carbocycles. The van der Waals surface area contributed by atoms with Crippen molar-refractivity contribution in [2.75, 3.05) is 7.11 Å². The lowest BCUT2D eigenvalue weighted by molar-refractivity contribution is -0.140. The van der Waals surface area contributed by atoms with Crippen LogP contribution in [0.4, 0.5) is 0 Å². The quantitative estimate of drug-likeness (QED) is 0.547. The molecule has 1 aliphatic rings. The summed E-state index contributed by atoms with van der Waals surface area (Å²) in [6, 6.07) is 11.2. The lowest BCUT2D eigenvalue weighted by atomic mass is 9.89. The van der Waals surface area contributed by atoms with Gasteiger partial charge in [0.1, 0.15) is 17.1 Å². The standard InChI is InChI=1S/C23H24O6/c1-15-8-10-17(11-9-15)21(24)28-18-12-13-20(19(14-18)23(26)27-2)29-22(25)16-6-4-3-5-7-16/h8-14,16H,3-7H2,1-2H3. The van der Waals surface area contributed by atoms with E-state index in [-0.39, 0.29) is 28.9 Å². The normalized spacial score (nSPS) is 14.1. The molecule has 0 radical (unpaired) electrons. The third kappa shape index (κ3) is 5.22. The molecule has 2 aromatic rings. The summed E-state index contributed by atoms with van der Waals surface area (Å²) in [6.45, 7) is 1.92. The van der Waals surface area contributed by atoms with Crippen molar-refractivity contribution < 1.29 is 28.6 Å². The van der Waals surface area contributed by atoms with Gasteiger partial charge in [0, 0.05) is 0 Å². The molecular formula is C23H24O6. The Balaban J connectivity index is 1.78. The molecule has 3 rings (SSSR count). The van der Waals surface area contributed by atoms with Crippen LogP contribution in [-0.2, 0) is 9.53 Å². The molecule has 0 bridgehead atoms. The first kappa shape index (κ1) is 20.6. The minimum Gasteiger partial charge on any atom is -0.465 e. The Bertz CT molecular complexity index is 894. The highest BCUT2D eigenvalue weighted by atomic mass is 16.5. The number of hydrogen-bond acceptors (Lipinski definition) is 6. The Kier molecular flexibility index (Phi) is 6.65. The fourth-order valence-electron chi connectivity index (χ4n) is 3.32. The lowest BCUT2D eigenvalue weighted by Crippen LogP contribution is -2.23. The molecule has 0 atom stereocenters. The van der Waals surface area contributed by atoms with Crippen LogP contribution in [0.15, 0.2) is 42.5 Å². The largest absolute Gasteiger partial charge is 0.465 e. The molecule has 6 nitrogen and oxygen atoms in total. The Morgan fingerprint density at radius 3 is 2.21 bits per heavy atom. The molecule has 1 saturated carbocycles. The number of rotatable bonds is 5. The molecule has 0 saturated heterocycles. The van der Waals surface area contributed by atoms with Crippen molar-refractivity contribution in [1.29, 1.82) is 0 Å². The molecule has 0 heterocycles. The second-order valence-corrected chi connectivity index (χ2v) is 7.16. The van der Waals surface area contributed by atoms with Crippen LogP contribution in [-0.4, -0.2) is 25.0 Å². The minimum absolute atomic E-state index is 0.0332. The fourth-order valence-corrected chi connectivity index (χ4v) is 3.32. The molecule has 0 amide bonds. The molecule has 0 aliphatic heterocycles. The third-order valence-electron chi connectivity index (χ3n) is 5.00. The second kappa shape index (κ2) is 9.37. The molecule has 0 spiro atoms. The average molecular weight is 396 g/mol. The van der Waals surface area contributed by atoms with Crippen LogP contribution in [0.1, 0.15) is 58.4 Å². The molecule has 0 aromatic heterocycles. The van der Waals surface area contributed by atoms with Crippen LogP contribution in [0.2, 0.25) is 0 Å². The van der Waals surface area contributed by atoms with Gasteiger partial charge in [0.05, 0.1) is 18.6 Å². The first-order valence-corrected chi connectivity index (χ1v) is 9.71. The zero-order valence-corrected chi connectivity index (χ0v) is 16.6. The van der Waals surface area contributed by atoms with Gasteiger partial charge in [-0.3, -0.25) is 4.79 Å². The second-order valence-electron chi connectivity index (χ2n) is 7.16. The lowest BCUT2D eigenvalue weighted by Gasteiger charge is -2.20. The van der Waals surface area contributed by atoms with E-state index < -0.39 is 11.9 Å². The van der Waals surface area contributed by atoms with E-state index in [1.807, 2.05) is 19.1 Å². The highest BCUT2D eigenvalue weighted by molar-refractivity contribution is 5.95. The van der Waals surface area contributed by atoms with Crippen LogP contribution in [0.25, 0.3) is 0 Å². The van der Waals surface area contributed by atoms with Crippen LogP contribution in [0, 0.1) is 12.8 Å². The van der Waals surface area contributed by atoms with Crippen LogP contribution in [0.3, 0.4) is 0 Å². The number of esters is 3. The molecule has 1 fully saturated rings. The van der Waals surface area contributed by atoms with Gasteiger partial charge >= 0.3 is 17.9 Å². The summed E-state index contributed by atoms with van der Waals surface area (Å²) in [5.74, 6) is -1.47. The molecule has 6 heteroatoms. The van der Waals surface area contributed by atoms with Crippen LogP contribution in [0.5, 0.6) is 11.5 Å². The van der Waals surface area contributed by atoms with Gasteiger partial charge in [0.15, 0.2) is 0 Å². The molecule has 0 N–H and O–H groups in total. The highest BCUT2D eigenvalue weighted by Gasteiger charge is 2.25. The number of hydrogen-bond donors (Lipinski definition) is 0. The maximum atomic E-state index is 12.4. The number of ether oxygens (including phenoxy) is 3. The van der Waals surface area contributed by atoms with Crippen molar-refractivity contribution in [2.24, 2.45) is 5.92 Å². The number of carbonyl (C=O) groups is 3. The van der Waals surface area contributed by atoms with Gasteiger partial charge in [-0.15, -0.1) is 0 Å². The topological polar surface area (TPSA) is 78.9 Å². The third-order valence-corrected chi connectivity index (χ3v) is 5.00. The van der Waals surface area contributed by atoms with E-state index in [4.69, 9.17) is 14.2 Å². The summed E-state index contributed by atoms with van der Waals surface area (Å²) in [5, 5.41) is 0. The summed E-state index contributed by atoms with van der Waals surface area (Å²) in [4.78, 5) is 37.0. The van der Waals surface area contributed by atoms with E-state index in [2.05, 4.69) is 0 Å². The Labute approximate surface area is 169 Å². The van der Waals surface area contributed by atoms with Gasteiger partial charge in [-0.1, -0.05) is 37.0 Å². The summed E-state index contributed by atoms with van der Waals surface area (Å²) >= 11 is 0. The summed E-state index contributed by atoms with van der Waals surface area (Å²) in [6.07, 6.45) is 4.70. The number of aryl methyl sites for hydroxylation is 1. The van der Waals surface area contributed by atoms with Crippen molar-refractivity contribution >= 4 is 17.9 Å². The van der Waals surface area contributed by atoms with Crippen molar-refractivity contribution in [1.82, 2.24) is 0 Å². The SMILES string of the molecule is COC(=O)c1cc(OC(=O)c2ccc(C)cc2)ccc1OC(=O)C1CCCCC1. The van der Waals surface area contributed by atoms with Gasteiger partial charge in [-0.2, -0.15) is 0 Å². The smallest absolute Gasteiger partial charge is 0.343 e. The maximum Gasteiger partial charge on any atom is 0.343 e. The Morgan fingerprint density at radius 2 is 1.55 bits per heavy atom. The number of methoxy groups -OCH3 is 1. The van der Waals surface area contributed by atoms with E-state index in [9.17, 15) is 14.4 Å². The van der Waals surface area contributed by atoms with Gasteiger partial charge in [-0.25, -0.2) is 9.59 Å². The van der Waals surface area contributed by atoms with Crippen molar-refractivity contribution in [2.45, 2.75) is 39.0 Å². The van der Waals surface area contributed by atoms with Gasteiger partial charge in [0.25, 0.3) is 0 Å². The van der Waals surface area contributed by atoms with Crippen molar-refractivity contribution in [3.63, 3.8) is 0 Å². The Morgan fingerprint density at radius 1 is 0.862 bits per heavy atom. The van der Waals surface area contributed by atoms with Gasteiger partial charge in [-0.05, 0) is 50.1 Å². The first-order valence-electron chi connectivity index (χ1n) is 9.71. The van der Waals surface area contributed by atoms with Gasteiger partial charge in [0.2, 0.25) is 0 Å². The first-order chi connectivity index (χ1) is 14.0. The van der Waals surface area contributed by atoms with Gasteiger partial charge < -0.3 is 14.2 Å². The van der Waals surface area contributed by atoms with E-state index in [0.717, 1.165) is 37.7 Å². The molecule has 29 heavy (non-hydrogen) atoms. The molecule has 0 unspecified atom stereocenters. The highest BCUT2D eigenvalue weighted by Crippen LogP contribution is 2.29. The fraction of sp³-hybridized carbons (Fsp3) is 0.348. The van der Waals surface area contributed by atoms with E-state index in [1.54, 1.807) is 12.1 Å². The Hall–Kier alpha value is -3.15. The van der Waals surface area contributed by atoms with E-state index >= 15 is 0 Å². The monoisotopic (exact) mass is 396 g/mol. The summed E-state index contributed by atoms with van der Waals surface area (Å²) < 4.78 is 15.6. The maximum absolute atomic E-state index is 12.4. The molecular weight excluding hydrogens is 372 g/mol. The van der Waals surface area contributed by atoms with E-state index in [1.165, 1.54) is 25.3 Å². The zero-order valence-electron chi connectivity index (χ0n) is 16.6. The van der Waals surface area contributed by atoms with Crippen LogP contribution >= 0.6 is 0 Å². The number of benzene rings is 2. The average Bonchev–Trinajstić information content (AvgIpc) is 2.75. The summed E-state index contributed by atoms with van der Waals surface area (Å²) in [5.41, 5.74) is 1.45. The van der Waals surface area contributed by atoms with E-state index in [0.29, 0.717) is 5.56 Å². The molecule has 2 aromatic carbocycles. The predicted octanol–water partition coefficient (Wildman–Crippen LogP) is 4.49.